The zero-order valence-corrected chi connectivity index (χ0v) is 9.94. The fourth-order valence-electron chi connectivity index (χ4n) is 2.00. The number of rotatable bonds is 6. The molecule has 0 aromatic carbocycles. The number of nitrogens with one attached hydrogen (secondary N) is 1. The van der Waals surface area contributed by atoms with Gasteiger partial charge in [-0.2, -0.15) is 0 Å². The first kappa shape index (κ1) is 12.8. The van der Waals surface area contributed by atoms with Crippen molar-refractivity contribution in [1.29, 1.82) is 0 Å². The Balaban J connectivity index is 2.40. The van der Waals surface area contributed by atoms with Crippen LogP contribution in [0.3, 0.4) is 0 Å². The molecule has 5 nitrogen and oxygen atoms in total. The molecule has 3 atom stereocenters. The Morgan fingerprint density at radius 1 is 1.62 bits per heavy atom. The van der Waals surface area contributed by atoms with Gasteiger partial charge in [0.15, 0.2) is 5.84 Å². The molecule has 1 aliphatic carbocycles. The Morgan fingerprint density at radius 2 is 2.31 bits per heavy atom. The lowest BCUT2D eigenvalue weighted by Crippen LogP contribution is -2.40. The molecule has 0 radical (unpaired) electrons. The summed E-state index contributed by atoms with van der Waals surface area (Å²) in [5.74, 6) is -0.0132. The fraction of sp³-hybridized carbons (Fsp3) is 0.818. The molecule has 16 heavy (non-hydrogen) atoms. The predicted molar refractivity (Wildman–Crippen MR) is 62.1 cm³/mol. The quantitative estimate of drug-likeness (QED) is 0.274. The maximum Gasteiger partial charge on any atom is 0.231 e. The average Bonchev–Trinajstić information content (AvgIpc) is 2.97. The summed E-state index contributed by atoms with van der Waals surface area (Å²) in [6, 6.07) is 0.299. The number of oxime groups is 1. The summed E-state index contributed by atoms with van der Waals surface area (Å²) in [5.41, 5.74) is 5.46. The molecule has 92 valence electrons. The lowest BCUT2D eigenvalue weighted by molar-refractivity contribution is -0.123. The maximum absolute atomic E-state index is 11.8. The number of amidine groups is 1. The molecule has 0 heterocycles. The van der Waals surface area contributed by atoms with Gasteiger partial charge in [-0.1, -0.05) is 25.4 Å². The van der Waals surface area contributed by atoms with Gasteiger partial charge >= 0.3 is 0 Å². The van der Waals surface area contributed by atoms with Gasteiger partial charge in [-0.3, -0.25) is 4.79 Å². The van der Waals surface area contributed by atoms with Crippen LogP contribution >= 0.6 is 0 Å². The minimum Gasteiger partial charge on any atom is -0.409 e. The van der Waals surface area contributed by atoms with Gasteiger partial charge in [0.05, 0.1) is 5.92 Å². The first-order valence-electron chi connectivity index (χ1n) is 5.91. The molecule has 5 heteroatoms. The van der Waals surface area contributed by atoms with Gasteiger partial charge in [-0.25, -0.2) is 0 Å². The topological polar surface area (TPSA) is 87.7 Å². The Labute approximate surface area is 96.1 Å². The second-order valence-corrected chi connectivity index (χ2v) is 4.39. The van der Waals surface area contributed by atoms with Crippen molar-refractivity contribution >= 4 is 11.7 Å². The minimum absolute atomic E-state index is 0.00677. The number of nitrogens with zero attached hydrogens (tertiary/aromatic N) is 1. The van der Waals surface area contributed by atoms with Crippen molar-refractivity contribution in [2.24, 2.45) is 22.7 Å². The number of hydrogen-bond donors (Lipinski definition) is 3. The third kappa shape index (κ3) is 3.12. The van der Waals surface area contributed by atoms with Crippen molar-refractivity contribution < 1.29 is 10.0 Å². The highest BCUT2D eigenvalue weighted by atomic mass is 16.4. The molecular formula is C11H21N3O2. The number of carbonyl (C=O) groups is 1. The monoisotopic (exact) mass is 227 g/mol. The van der Waals surface area contributed by atoms with E-state index in [1.165, 1.54) is 0 Å². The van der Waals surface area contributed by atoms with Crippen molar-refractivity contribution in [3.05, 3.63) is 0 Å². The predicted octanol–water partition coefficient (Wildman–Crippen LogP) is 1.06. The lowest BCUT2D eigenvalue weighted by Gasteiger charge is -2.13. The van der Waals surface area contributed by atoms with Crippen LogP contribution < -0.4 is 11.1 Å². The van der Waals surface area contributed by atoms with E-state index in [4.69, 9.17) is 10.9 Å². The van der Waals surface area contributed by atoms with Crippen molar-refractivity contribution in [2.75, 3.05) is 0 Å². The summed E-state index contributed by atoms with van der Waals surface area (Å²) < 4.78 is 0. The van der Waals surface area contributed by atoms with Crippen molar-refractivity contribution in [1.82, 2.24) is 5.32 Å². The molecule has 4 N–H and O–H groups in total. The first-order valence-corrected chi connectivity index (χ1v) is 5.91. The van der Waals surface area contributed by atoms with E-state index in [0.717, 1.165) is 19.3 Å². The van der Waals surface area contributed by atoms with Gasteiger partial charge < -0.3 is 16.3 Å². The second kappa shape index (κ2) is 5.72. The summed E-state index contributed by atoms with van der Waals surface area (Å²) >= 11 is 0. The van der Waals surface area contributed by atoms with E-state index in [1.807, 2.05) is 6.92 Å². The Kier molecular flexibility index (Phi) is 4.58. The van der Waals surface area contributed by atoms with Gasteiger partial charge in [0.2, 0.25) is 5.91 Å². The van der Waals surface area contributed by atoms with E-state index >= 15 is 0 Å². The molecule has 1 rings (SSSR count). The average molecular weight is 227 g/mol. The zero-order chi connectivity index (χ0) is 12.1. The van der Waals surface area contributed by atoms with Crippen LogP contribution in [0, 0.1) is 11.8 Å². The first-order chi connectivity index (χ1) is 7.63. The van der Waals surface area contributed by atoms with Crippen molar-refractivity contribution in [2.45, 2.75) is 45.6 Å². The molecule has 1 fully saturated rings. The number of hydrogen-bond acceptors (Lipinski definition) is 3. The molecule has 0 aromatic heterocycles. The Bertz CT molecular complexity index is 278. The summed E-state index contributed by atoms with van der Waals surface area (Å²) in [7, 11) is 0. The summed E-state index contributed by atoms with van der Waals surface area (Å²) in [4.78, 5) is 11.8. The minimum atomic E-state index is -0.507. The second-order valence-electron chi connectivity index (χ2n) is 4.39. The smallest absolute Gasteiger partial charge is 0.231 e. The standard InChI is InChI=1S/C11H21N3O2/c1-3-5-7-6-9(7)13-11(15)8(4-2)10(12)14-16/h7-9,16H,3-6H2,1-2H3,(H2,12,14)(H,13,15). The third-order valence-corrected chi connectivity index (χ3v) is 3.11. The van der Waals surface area contributed by atoms with E-state index in [2.05, 4.69) is 17.4 Å². The van der Waals surface area contributed by atoms with E-state index < -0.39 is 5.92 Å². The summed E-state index contributed by atoms with van der Waals surface area (Å²) in [6.45, 7) is 3.99. The normalized spacial score (nSPS) is 26.2. The van der Waals surface area contributed by atoms with Crippen molar-refractivity contribution in [3.8, 4) is 0 Å². The van der Waals surface area contributed by atoms with Crippen LogP contribution in [-0.2, 0) is 4.79 Å². The van der Waals surface area contributed by atoms with E-state index in [1.54, 1.807) is 0 Å². The highest BCUT2D eigenvalue weighted by molar-refractivity contribution is 6.02. The van der Waals surface area contributed by atoms with Gasteiger partial charge in [-0.15, -0.1) is 0 Å². The summed E-state index contributed by atoms with van der Waals surface area (Å²) in [5, 5.41) is 14.4. The molecule has 1 amide bonds. The van der Waals surface area contributed by atoms with Gasteiger partial charge in [0.25, 0.3) is 0 Å². The Hall–Kier alpha value is -1.26. The molecule has 0 aliphatic heterocycles. The number of amides is 1. The van der Waals surface area contributed by atoms with Gasteiger partial charge in [-0.05, 0) is 25.2 Å². The molecule has 1 saturated carbocycles. The molecular weight excluding hydrogens is 206 g/mol. The van der Waals surface area contributed by atoms with Crippen LogP contribution in [0.2, 0.25) is 0 Å². The highest BCUT2D eigenvalue weighted by Crippen LogP contribution is 2.34. The van der Waals surface area contributed by atoms with Crippen LogP contribution in [0.4, 0.5) is 0 Å². The number of carbonyl (C=O) groups excluding carboxylic acids is 1. The maximum atomic E-state index is 11.8. The fourth-order valence-corrected chi connectivity index (χ4v) is 2.00. The summed E-state index contributed by atoms with van der Waals surface area (Å²) in [6.07, 6.45) is 3.92. The van der Waals surface area contributed by atoms with E-state index in [-0.39, 0.29) is 11.7 Å². The molecule has 0 bridgehead atoms. The van der Waals surface area contributed by atoms with Gasteiger partial charge in [0.1, 0.15) is 0 Å². The molecule has 0 saturated heterocycles. The molecule has 1 aliphatic rings. The van der Waals surface area contributed by atoms with E-state index in [9.17, 15) is 4.79 Å². The molecule has 3 unspecified atom stereocenters. The largest absolute Gasteiger partial charge is 0.409 e. The highest BCUT2D eigenvalue weighted by Gasteiger charge is 2.38. The van der Waals surface area contributed by atoms with Crippen molar-refractivity contribution in [3.63, 3.8) is 0 Å². The molecule has 0 spiro atoms. The Morgan fingerprint density at radius 3 is 2.81 bits per heavy atom. The van der Waals surface area contributed by atoms with Crippen LogP contribution in [-0.4, -0.2) is 23.0 Å². The lowest BCUT2D eigenvalue weighted by atomic mass is 10.0. The molecule has 0 aromatic rings. The van der Waals surface area contributed by atoms with Crippen LogP contribution in [0.1, 0.15) is 39.5 Å². The number of nitrogens with two attached hydrogens (primary N) is 1. The zero-order valence-electron chi connectivity index (χ0n) is 9.94. The third-order valence-electron chi connectivity index (χ3n) is 3.11. The van der Waals surface area contributed by atoms with Crippen LogP contribution in [0.25, 0.3) is 0 Å². The van der Waals surface area contributed by atoms with Crippen LogP contribution in [0.5, 0.6) is 0 Å². The van der Waals surface area contributed by atoms with Crippen LogP contribution in [0.15, 0.2) is 5.16 Å². The van der Waals surface area contributed by atoms with E-state index in [0.29, 0.717) is 18.4 Å². The SMILES string of the molecule is CCCC1CC1NC(=O)C(CC)C(N)=NO. The van der Waals surface area contributed by atoms with Gasteiger partial charge in [0, 0.05) is 6.04 Å².